The van der Waals surface area contributed by atoms with Crippen LogP contribution < -0.4 is 4.90 Å². The smallest absolute Gasteiger partial charge is 0.366 e. The zero-order valence-electron chi connectivity index (χ0n) is 12.1. The molecule has 0 aliphatic carbocycles. The van der Waals surface area contributed by atoms with Gasteiger partial charge in [-0.15, -0.1) is 0 Å². The number of likely N-dealkylation sites (N-methyl/N-ethyl adjacent to an activating group) is 1. The van der Waals surface area contributed by atoms with Crippen molar-refractivity contribution in [2.24, 2.45) is 0 Å². The summed E-state index contributed by atoms with van der Waals surface area (Å²) in [5.41, 5.74) is -0.100. The number of halogens is 3. The highest BCUT2D eigenvalue weighted by atomic mass is 19.4. The Morgan fingerprint density at radius 3 is 2.62 bits per heavy atom. The number of anilines is 1. The van der Waals surface area contributed by atoms with E-state index < -0.39 is 11.7 Å². The van der Waals surface area contributed by atoms with Crippen LogP contribution >= 0.6 is 0 Å². The SMILES string of the molecule is CC1CN(C)CCCN1c1ccc(C(F)(F)F)cc1C#N. The Balaban J connectivity index is 2.37. The number of hydrogen-bond donors (Lipinski definition) is 0. The minimum Gasteiger partial charge on any atom is -0.366 e. The molecule has 0 amide bonds. The molecule has 1 unspecified atom stereocenters. The van der Waals surface area contributed by atoms with Gasteiger partial charge in [-0.1, -0.05) is 0 Å². The fourth-order valence-corrected chi connectivity index (χ4v) is 2.78. The van der Waals surface area contributed by atoms with Crippen LogP contribution in [-0.4, -0.2) is 37.6 Å². The molecule has 1 aliphatic rings. The first-order valence-corrected chi connectivity index (χ1v) is 6.89. The van der Waals surface area contributed by atoms with Crippen molar-refractivity contribution in [1.29, 1.82) is 5.26 Å². The van der Waals surface area contributed by atoms with Gasteiger partial charge in [0, 0.05) is 19.1 Å². The molecule has 1 heterocycles. The number of benzene rings is 1. The maximum absolute atomic E-state index is 12.7. The highest BCUT2D eigenvalue weighted by molar-refractivity contribution is 5.61. The van der Waals surface area contributed by atoms with E-state index in [-0.39, 0.29) is 11.6 Å². The van der Waals surface area contributed by atoms with E-state index in [1.165, 1.54) is 6.07 Å². The normalized spacial score (nSPS) is 21.0. The summed E-state index contributed by atoms with van der Waals surface area (Å²) in [4.78, 5) is 4.23. The predicted molar refractivity (Wildman–Crippen MR) is 75.1 cm³/mol. The Hall–Kier alpha value is -1.74. The summed E-state index contributed by atoms with van der Waals surface area (Å²) in [7, 11) is 2.03. The first kappa shape index (κ1) is 15.6. The Labute approximate surface area is 122 Å². The number of nitrogens with zero attached hydrogens (tertiary/aromatic N) is 3. The fraction of sp³-hybridized carbons (Fsp3) is 0.533. The molecule has 114 valence electrons. The van der Waals surface area contributed by atoms with Crippen LogP contribution in [-0.2, 0) is 6.18 Å². The standard InChI is InChI=1S/C15H18F3N3/c1-11-10-20(2)6-3-7-21(11)14-5-4-13(15(16,17)18)8-12(14)9-19/h4-5,8,11H,3,6-7,10H2,1-2H3. The van der Waals surface area contributed by atoms with Crippen LogP contribution in [0.3, 0.4) is 0 Å². The molecular formula is C15H18F3N3. The van der Waals surface area contributed by atoms with Crippen molar-refractivity contribution in [3.05, 3.63) is 29.3 Å². The lowest BCUT2D eigenvalue weighted by Crippen LogP contribution is -2.38. The molecule has 0 saturated carbocycles. The number of nitriles is 1. The molecule has 1 fully saturated rings. The topological polar surface area (TPSA) is 30.3 Å². The second-order valence-corrected chi connectivity index (χ2v) is 5.50. The molecule has 1 aromatic carbocycles. The lowest BCUT2D eigenvalue weighted by atomic mass is 10.1. The maximum Gasteiger partial charge on any atom is 0.416 e. The summed E-state index contributed by atoms with van der Waals surface area (Å²) in [5, 5.41) is 9.19. The van der Waals surface area contributed by atoms with Gasteiger partial charge in [-0.3, -0.25) is 0 Å². The molecule has 1 aromatic rings. The zero-order valence-corrected chi connectivity index (χ0v) is 12.1. The van der Waals surface area contributed by atoms with Gasteiger partial charge in [0.15, 0.2) is 0 Å². The molecule has 0 spiro atoms. The van der Waals surface area contributed by atoms with Gasteiger partial charge in [0.25, 0.3) is 0 Å². The Morgan fingerprint density at radius 2 is 2.00 bits per heavy atom. The predicted octanol–water partition coefficient (Wildman–Crippen LogP) is 3.11. The van der Waals surface area contributed by atoms with Crippen molar-refractivity contribution in [1.82, 2.24) is 4.90 Å². The van der Waals surface area contributed by atoms with Crippen LogP contribution in [0.5, 0.6) is 0 Å². The van der Waals surface area contributed by atoms with E-state index in [2.05, 4.69) is 4.90 Å². The van der Waals surface area contributed by atoms with Crippen LogP contribution in [0.2, 0.25) is 0 Å². The van der Waals surface area contributed by atoms with Gasteiger partial charge in [-0.05, 0) is 45.1 Å². The van der Waals surface area contributed by atoms with Crippen LogP contribution in [0.25, 0.3) is 0 Å². The van der Waals surface area contributed by atoms with Crippen molar-refractivity contribution < 1.29 is 13.2 Å². The van der Waals surface area contributed by atoms with E-state index in [1.54, 1.807) is 0 Å². The number of rotatable bonds is 1. The molecule has 0 radical (unpaired) electrons. The Kier molecular flexibility index (Phi) is 4.43. The maximum atomic E-state index is 12.7. The third kappa shape index (κ3) is 3.48. The Morgan fingerprint density at radius 1 is 1.29 bits per heavy atom. The summed E-state index contributed by atoms with van der Waals surface area (Å²) >= 11 is 0. The van der Waals surface area contributed by atoms with Crippen molar-refractivity contribution in [2.45, 2.75) is 25.6 Å². The van der Waals surface area contributed by atoms with E-state index in [0.29, 0.717) is 5.69 Å². The summed E-state index contributed by atoms with van der Waals surface area (Å²) in [6.45, 7) is 4.54. The number of hydrogen-bond acceptors (Lipinski definition) is 3. The third-order valence-electron chi connectivity index (χ3n) is 3.80. The highest BCUT2D eigenvalue weighted by Gasteiger charge is 2.32. The average molecular weight is 297 g/mol. The van der Waals surface area contributed by atoms with Gasteiger partial charge in [-0.2, -0.15) is 18.4 Å². The highest BCUT2D eigenvalue weighted by Crippen LogP contribution is 2.33. The van der Waals surface area contributed by atoms with E-state index >= 15 is 0 Å². The molecule has 2 rings (SSSR count). The first-order valence-electron chi connectivity index (χ1n) is 6.89. The van der Waals surface area contributed by atoms with Gasteiger partial charge in [0.2, 0.25) is 0 Å². The summed E-state index contributed by atoms with van der Waals surface area (Å²) < 4.78 is 38.2. The number of alkyl halides is 3. The quantitative estimate of drug-likeness (QED) is 0.798. The van der Waals surface area contributed by atoms with Gasteiger partial charge in [0.1, 0.15) is 6.07 Å². The monoisotopic (exact) mass is 297 g/mol. The Bertz CT molecular complexity index is 548. The van der Waals surface area contributed by atoms with Crippen LogP contribution in [0, 0.1) is 11.3 Å². The largest absolute Gasteiger partial charge is 0.416 e. The molecule has 0 aromatic heterocycles. The molecule has 0 N–H and O–H groups in total. The van der Waals surface area contributed by atoms with Gasteiger partial charge in [0.05, 0.1) is 16.8 Å². The molecule has 0 bridgehead atoms. The second-order valence-electron chi connectivity index (χ2n) is 5.50. The van der Waals surface area contributed by atoms with E-state index in [1.807, 2.05) is 24.9 Å². The second kappa shape index (κ2) is 5.94. The molecule has 1 aliphatic heterocycles. The average Bonchev–Trinajstić information content (AvgIpc) is 2.57. The summed E-state index contributed by atoms with van der Waals surface area (Å²) in [6, 6.07) is 5.47. The molecular weight excluding hydrogens is 279 g/mol. The van der Waals surface area contributed by atoms with Crippen molar-refractivity contribution in [3.8, 4) is 6.07 Å². The van der Waals surface area contributed by atoms with E-state index in [4.69, 9.17) is 0 Å². The van der Waals surface area contributed by atoms with Crippen molar-refractivity contribution in [3.63, 3.8) is 0 Å². The molecule has 6 heteroatoms. The molecule has 3 nitrogen and oxygen atoms in total. The first-order chi connectivity index (χ1) is 9.82. The zero-order chi connectivity index (χ0) is 15.6. The van der Waals surface area contributed by atoms with Gasteiger partial charge >= 0.3 is 6.18 Å². The summed E-state index contributed by atoms with van der Waals surface area (Å²) in [6.07, 6.45) is -3.50. The van der Waals surface area contributed by atoms with E-state index in [9.17, 15) is 18.4 Å². The van der Waals surface area contributed by atoms with Gasteiger partial charge < -0.3 is 9.80 Å². The minimum atomic E-state index is -4.42. The lowest BCUT2D eigenvalue weighted by Gasteiger charge is -2.31. The third-order valence-corrected chi connectivity index (χ3v) is 3.80. The molecule has 1 saturated heterocycles. The molecule has 1 atom stereocenters. The van der Waals surface area contributed by atoms with Crippen LogP contribution in [0.4, 0.5) is 18.9 Å². The minimum absolute atomic E-state index is 0.0845. The lowest BCUT2D eigenvalue weighted by molar-refractivity contribution is -0.137. The fourth-order valence-electron chi connectivity index (χ4n) is 2.78. The molecule has 21 heavy (non-hydrogen) atoms. The van der Waals surface area contributed by atoms with Crippen LogP contribution in [0.1, 0.15) is 24.5 Å². The van der Waals surface area contributed by atoms with Crippen molar-refractivity contribution >= 4 is 5.69 Å². The van der Waals surface area contributed by atoms with Crippen molar-refractivity contribution in [2.75, 3.05) is 31.6 Å². The van der Waals surface area contributed by atoms with E-state index in [0.717, 1.165) is 38.2 Å². The summed E-state index contributed by atoms with van der Waals surface area (Å²) in [5.74, 6) is 0. The van der Waals surface area contributed by atoms with Gasteiger partial charge in [-0.25, -0.2) is 0 Å². The van der Waals surface area contributed by atoms with Crippen LogP contribution in [0.15, 0.2) is 18.2 Å².